The molecular formula is C7H8IN5O. The second-order valence-corrected chi connectivity index (χ2v) is 3.91. The number of rotatable bonds is 3. The Hall–Kier alpha value is -0.960. The summed E-state index contributed by atoms with van der Waals surface area (Å²) in [5, 5.41) is 7.86. The molecule has 0 radical (unpaired) electrons. The Kier molecular flexibility index (Phi) is 2.77. The Bertz CT molecular complexity index is 423. The molecule has 0 saturated carbocycles. The lowest BCUT2D eigenvalue weighted by Crippen LogP contribution is -2.02. The topological polar surface area (TPSA) is 82.8 Å². The summed E-state index contributed by atoms with van der Waals surface area (Å²) in [6.07, 6.45) is 3.67. The molecule has 2 rings (SSSR count). The smallest absolute Gasteiger partial charge is 0.240 e. The van der Waals surface area contributed by atoms with E-state index in [2.05, 4.69) is 37.8 Å². The molecular weight excluding hydrogens is 297 g/mol. The fourth-order valence-electron chi connectivity index (χ4n) is 1.01. The number of nitrogens with two attached hydrogens (primary N) is 1. The molecule has 0 saturated heterocycles. The predicted molar refractivity (Wildman–Crippen MR) is 56.2 cm³/mol. The lowest BCUT2D eigenvalue weighted by Gasteiger charge is -1.93. The van der Waals surface area contributed by atoms with Gasteiger partial charge in [-0.2, -0.15) is 10.1 Å². The average molecular weight is 305 g/mol. The summed E-state index contributed by atoms with van der Waals surface area (Å²) >= 11 is 2.19. The minimum Gasteiger partial charge on any atom is -0.338 e. The molecule has 0 atom stereocenters. The molecule has 0 aliphatic heterocycles. The van der Waals surface area contributed by atoms with Gasteiger partial charge in [0.1, 0.15) is 6.54 Å². The number of hydrogen-bond donors (Lipinski definition) is 1. The predicted octanol–water partition coefficient (Wildman–Crippen LogP) is 0.378. The largest absolute Gasteiger partial charge is 0.338 e. The molecule has 0 aliphatic carbocycles. The Labute approximate surface area is 93.6 Å². The van der Waals surface area contributed by atoms with Gasteiger partial charge in [-0.15, -0.1) is 0 Å². The van der Waals surface area contributed by atoms with Crippen LogP contribution in [-0.2, 0) is 13.1 Å². The van der Waals surface area contributed by atoms with Crippen LogP contribution in [-0.4, -0.2) is 19.9 Å². The fourth-order valence-corrected chi connectivity index (χ4v) is 1.45. The van der Waals surface area contributed by atoms with Crippen LogP contribution in [0.15, 0.2) is 16.9 Å². The van der Waals surface area contributed by atoms with Crippen molar-refractivity contribution < 1.29 is 4.52 Å². The minimum atomic E-state index is 0.268. The van der Waals surface area contributed by atoms with E-state index in [1.165, 1.54) is 0 Å². The van der Waals surface area contributed by atoms with Gasteiger partial charge in [0, 0.05) is 6.20 Å². The normalized spacial score (nSPS) is 10.7. The summed E-state index contributed by atoms with van der Waals surface area (Å²) in [7, 11) is 0. The molecule has 2 aromatic heterocycles. The molecule has 0 spiro atoms. The van der Waals surface area contributed by atoms with Gasteiger partial charge in [-0.05, 0) is 22.6 Å². The van der Waals surface area contributed by atoms with Crippen LogP contribution in [0.3, 0.4) is 0 Å². The van der Waals surface area contributed by atoms with E-state index in [1.807, 2.05) is 6.20 Å². The highest BCUT2D eigenvalue weighted by atomic mass is 127. The molecule has 2 heterocycles. The number of aromatic nitrogens is 4. The first-order chi connectivity index (χ1) is 6.78. The maximum Gasteiger partial charge on any atom is 0.240 e. The Morgan fingerprint density at radius 1 is 1.57 bits per heavy atom. The van der Waals surface area contributed by atoms with Crippen LogP contribution in [0.1, 0.15) is 11.7 Å². The number of halogens is 1. The molecule has 14 heavy (non-hydrogen) atoms. The van der Waals surface area contributed by atoms with E-state index in [9.17, 15) is 0 Å². The Morgan fingerprint density at radius 2 is 2.43 bits per heavy atom. The van der Waals surface area contributed by atoms with Gasteiger partial charge in [-0.25, -0.2) is 0 Å². The zero-order valence-electron chi connectivity index (χ0n) is 7.22. The summed E-state index contributed by atoms with van der Waals surface area (Å²) in [4.78, 5) is 4.07. The molecule has 6 nitrogen and oxygen atoms in total. The second kappa shape index (κ2) is 4.05. The zero-order chi connectivity index (χ0) is 9.97. The Morgan fingerprint density at radius 3 is 3.00 bits per heavy atom. The summed E-state index contributed by atoms with van der Waals surface area (Å²) in [6.45, 7) is 0.774. The highest BCUT2D eigenvalue weighted by Crippen LogP contribution is 2.03. The standard InChI is InChI=1S/C7H8IN5O/c8-5-2-10-13(3-5)4-6-11-7(1-9)14-12-6/h2-3H,1,4,9H2. The average Bonchev–Trinajstić information content (AvgIpc) is 2.76. The number of nitrogens with zero attached hydrogens (tertiary/aromatic N) is 4. The first-order valence-electron chi connectivity index (χ1n) is 3.97. The lowest BCUT2D eigenvalue weighted by molar-refractivity contribution is 0.373. The van der Waals surface area contributed by atoms with E-state index in [-0.39, 0.29) is 6.54 Å². The van der Waals surface area contributed by atoms with Crippen molar-refractivity contribution in [3.05, 3.63) is 27.7 Å². The summed E-state index contributed by atoms with van der Waals surface area (Å²) in [6, 6.07) is 0. The van der Waals surface area contributed by atoms with Crippen LogP contribution in [0.4, 0.5) is 0 Å². The van der Waals surface area contributed by atoms with Crippen molar-refractivity contribution in [2.75, 3.05) is 0 Å². The summed E-state index contributed by atoms with van der Waals surface area (Å²) in [5.41, 5.74) is 5.34. The van der Waals surface area contributed by atoms with E-state index < -0.39 is 0 Å². The van der Waals surface area contributed by atoms with Crippen molar-refractivity contribution in [2.45, 2.75) is 13.1 Å². The van der Waals surface area contributed by atoms with Gasteiger partial charge in [0.2, 0.25) is 5.89 Å². The molecule has 74 valence electrons. The van der Waals surface area contributed by atoms with Gasteiger partial charge < -0.3 is 10.3 Å². The highest BCUT2D eigenvalue weighted by Gasteiger charge is 2.05. The maximum absolute atomic E-state index is 5.34. The fraction of sp³-hybridized carbons (Fsp3) is 0.286. The van der Waals surface area contributed by atoms with E-state index in [4.69, 9.17) is 10.3 Å². The van der Waals surface area contributed by atoms with Crippen LogP contribution < -0.4 is 5.73 Å². The molecule has 0 amide bonds. The third-order valence-electron chi connectivity index (χ3n) is 1.59. The van der Waals surface area contributed by atoms with Crippen LogP contribution in [0.5, 0.6) is 0 Å². The molecule has 0 unspecified atom stereocenters. The van der Waals surface area contributed by atoms with Crippen LogP contribution in [0.2, 0.25) is 0 Å². The van der Waals surface area contributed by atoms with Crippen molar-refractivity contribution >= 4 is 22.6 Å². The Balaban J connectivity index is 2.10. The molecule has 2 aromatic rings. The van der Waals surface area contributed by atoms with Crippen LogP contribution in [0.25, 0.3) is 0 Å². The van der Waals surface area contributed by atoms with Crippen molar-refractivity contribution in [3.63, 3.8) is 0 Å². The molecule has 2 N–H and O–H groups in total. The zero-order valence-corrected chi connectivity index (χ0v) is 9.38. The van der Waals surface area contributed by atoms with Gasteiger partial charge in [-0.1, -0.05) is 5.16 Å². The molecule has 0 aliphatic rings. The van der Waals surface area contributed by atoms with Crippen LogP contribution >= 0.6 is 22.6 Å². The minimum absolute atomic E-state index is 0.268. The van der Waals surface area contributed by atoms with E-state index in [0.29, 0.717) is 18.3 Å². The van der Waals surface area contributed by atoms with Gasteiger partial charge in [0.15, 0.2) is 5.82 Å². The summed E-state index contributed by atoms with van der Waals surface area (Å²) < 4.78 is 7.68. The third kappa shape index (κ3) is 2.10. The van der Waals surface area contributed by atoms with E-state index >= 15 is 0 Å². The second-order valence-electron chi connectivity index (χ2n) is 2.66. The monoisotopic (exact) mass is 305 g/mol. The van der Waals surface area contributed by atoms with Crippen molar-refractivity contribution in [1.29, 1.82) is 0 Å². The lowest BCUT2D eigenvalue weighted by atomic mass is 10.6. The maximum atomic E-state index is 5.34. The van der Waals surface area contributed by atoms with Crippen molar-refractivity contribution in [3.8, 4) is 0 Å². The number of hydrogen-bond acceptors (Lipinski definition) is 5. The van der Waals surface area contributed by atoms with Crippen LogP contribution in [0, 0.1) is 3.57 Å². The van der Waals surface area contributed by atoms with E-state index in [0.717, 1.165) is 3.57 Å². The molecule has 7 heteroatoms. The quantitative estimate of drug-likeness (QED) is 0.829. The van der Waals surface area contributed by atoms with Crippen molar-refractivity contribution in [2.24, 2.45) is 5.73 Å². The first-order valence-corrected chi connectivity index (χ1v) is 5.05. The molecule has 0 aromatic carbocycles. The third-order valence-corrected chi connectivity index (χ3v) is 2.15. The highest BCUT2D eigenvalue weighted by molar-refractivity contribution is 14.1. The van der Waals surface area contributed by atoms with Gasteiger partial charge >= 0.3 is 0 Å². The van der Waals surface area contributed by atoms with Gasteiger partial charge in [0.05, 0.1) is 16.3 Å². The van der Waals surface area contributed by atoms with Crippen molar-refractivity contribution in [1.82, 2.24) is 19.9 Å². The summed E-state index contributed by atoms with van der Waals surface area (Å²) in [5.74, 6) is 1.03. The first kappa shape index (κ1) is 9.59. The SMILES string of the molecule is NCc1nc(Cn2cc(I)cn2)no1. The molecule has 0 fully saturated rings. The molecule has 0 bridgehead atoms. The van der Waals surface area contributed by atoms with Gasteiger partial charge in [0.25, 0.3) is 0 Å². The van der Waals surface area contributed by atoms with E-state index in [1.54, 1.807) is 10.9 Å². The van der Waals surface area contributed by atoms with Gasteiger partial charge in [-0.3, -0.25) is 4.68 Å².